The molecular weight excluding hydrogens is 216 g/mol. The van der Waals surface area contributed by atoms with Gasteiger partial charge in [-0.3, -0.25) is 4.79 Å². The van der Waals surface area contributed by atoms with Crippen molar-refractivity contribution in [1.29, 1.82) is 0 Å². The predicted octanol–water partition coefficient (Wildman–Crippen LogP) is 1.82. The van der Waals surface area contributed by atoms with Crippen LogP contribution in [0.1, 0.15) is 37.5 Å². The van der Waals surface area contributed by atoms with Crippen molar-refractivity contribution in [3.63, 3.8) is 0 Å². The van der Waals surface area contributed by atoms with Crippen molar-refractivity contribution >= 4 is 5.91 Å². The van der Waals surface area contributed by atoms with Crippen molar-refractivity contribution in [2.24, 2.45) is 11.3 Å². The molecule has 0 radical (unpaired) electrons. The minimum Gasteiger partial charge on any atom is -0.361 e. The molecule has 1 amide bonds. The van der Waals surface area contributed by atoms with E-state index in [1.54, 1.807) is 6.20 Å². The topological polar surface area (TPSA) is 46.3 Å². The molecule has 92 valence electrons. The highest BCUT2D eigenvalue weighted by molar-refractivity contribution is 5.84. The van der Waals surface area contributed by atoms with Crippen LogP contribution in [0.3, 0.4) is 0 Å². The van der Waals surface area contributed by atoms with Crippen LogP contribution in [-0.2, 0) is 11.2 Å². The van der Waals surface area contributed by atoms with Gasteiger partial charge in [-0.05, 0) is 18.8 Å². The maximum atomic E-state index is 12.4. The average molecular weight is 234 g/mol. The Hall–Kier alpha value is -1.32. The summed E-state index contributed by atoms with van der Waals surface area (Å²) in [5.74, 6) is 1.94. The number of carbonyl (C=O) groups is 1. The third kappa shape index (κ3) is 1.30. The number of nitrogens with zero attached hydrogens (tertiary/aromatic N) is 2. The van der Waals surface area contributed by atoms with Crippen LogP contribution in [0.2, 0.25) is 0 Å². The molecule has 2 heterocycles. The van der Waals surface area contributed by atoms with Gasteiger partial charge in [-0.1, -0.05) is 19.0 Å². The predicted molar refractivity (Wildman–Crippen MR) is 62.5 cm³/mol. The first-order valence-corrected chi connectivity index (χ1v) is 6.23. The molecule has 1 aromatic rings. The van der Waals surface area contributed by atoms with E-state index in [0.29, 0.717) is 11.8 Å². The smallest absolute Gasteiger partial charge is 0.228 e. The van der Waals surface area contributed by atoms with Crippen molar-refractivity contribution in [2.75, 3.05) is 13.6 Å². The first-order valence-electron chi connectivity index (χ1n) is 6.23. The Morgan fingerprint density at radius 1 is 1.59 bits per heavy atom. The van der Waals surface area contributed by atoms with Gasteiger partial charge in [0.2, 0.25) is 5.91 Å². The highest BCUT2D eigenvalue weighted by Crippen LogP contribution is 2.51. The Bertz CT molecular complexity index is 468. The summed E-state index contributed by atoms with van der Waals surface area (Å²) >= 11 is 0. The van der Waals surface area contributed by atoms with E-state index in [0.717, 1.165) is 30.7 Å². The lowest BCUT2D eigenvalue weighted by Gasteiger charge is -2.48. The molecule has 4 heteroatoms. The molecule has 0 aromatic carbocycles. The van der Waals surface area contributed by atoms with Crippen LogP contribution >= 0.6 is 0 Å². The van der Waals surface area contributed by atoms with Gasteiger partial charge in [0.25, 0.3) is 0 Å². The number of hydrogen-bond acceptors (Lipinski definition) is 3. The lowest BCUT2D eigenvalue weighted by molar-refractivity contribution is -0.150. The van der Waals surface area contributed by atoms with Gasteiger partial charge in [-0.15, -0.1) is 0 Å². The van der Waals surface area contributed by atoms with Crippen LogP contribution in [-0.4, -0.2) is 29.6 Å². The van der Waals surface area contributed by atoms with E-state index in [4.69, 9.17) is 4.52 Å². The summed E-state index contributed by atoms with van der Waals surface area (Å²) < 4.78 is 5.35. The van der Waals surface area contributed by atoms with Gasteiger partial charge in [-0.25, -0.2) is 0 Å². The second-order valence-electron chi connectivity index (χ2n) is 5.72. The number of rotatable bonds is 0. The maximum Gasteiger partial charge on any atom is 0.228 e. The van der Waals surface area contributed by atoms with Crippen molar-refractivity contribution in [3.8, 4) is 0 Å². The van der Waals surface area contributed by atoms with E-state index in [-0.39, 0.29) is 11.3 Å². The molecule has 1 fully saturated rings. The molecule has 1 saturated heterocycles. The lowest BCUT2D eigenvalue weighted by atomic mass is 9.59. The van der Waals surface area contributed by atoms with Gasteiger partial charge in [0.1, 0.15) is 5.76 Å². The molecule has 3 atom stereocenters. The molecular formula is C13H18N2O2. The highest BCUT2D eigenvalue weighted by Gasteiger charge is 2.52. The second kappa shape index (κ2) is 3.34. The van der Waals surface area contributed by atoms with Crippen LogP contribution in [0.15, 0.2) is 10.7 Å². The normalized spacial score (nSPS) is 36.6. The second-order valence-corrected chi connectivity index (χ2v) is 5.72. The number of hydrogen-bond donors (Lipinski definition) is 0. The monoisotopic (exact) mass is 234 g/mol. The largest absolute Gasteiger partial charge is 0.361 e. The molecule has 1 aromatic heterocycles. The molecule has 0 unspecified atom stereocenters. The van der Waals surface area contributed by atoms with Crippen LogP contribution in [0.4, 0.5) is 0 Å². The summed E-state index contributed by atoms with van der Waals surface area (Å²) in [5, 5.41) is 3.89. The summed E-state index contributed by atoms with van der Waals surface area (Å²) in [7, 11) is 1.90. The van der Waals surface area contributed by atoms with Crippen molar-refractivity contribution in [3.05, 3.63) is 17.5 Å². The van der Waals surface area contributed by atoms with E-state index in [9.17, 15) is 4.79 Å². The molecule has 4 nitrogen and oxygen atoms in total. The zero-order valence-corrected chi connectivity index (χ0v) is 10.6. The number of fused-ring (bicyclic) bond motifs is 2. The Morgan fingerprint density at radius 3 is 3.12 bits per heavy atom. The molecule has 0 saturated carbocycles. The highest BCUT2D eigenvalue weighted by atomic mass is 16.5. The number of carbonyl (C=O) groups excluding carboxylic acids is 1. The minimum atomic E-state index is -0.273. The fraction of sp³-hybridized carbons (Fsp3) is 0.692. The van der Waals surface area contributed by atoms with Gasteiger partial charge in [0.05, 0.1) is 11.6 Å². The quantitative estimate of drug-likeness (QED) is 0.688. The zero-order valence-electron chi connectivity index (χ0n) is 10.6. The van der Waals surface area contributed by atoms with Gasteiger partial charge in [-0.2, -0.15) is 0 Å². The summed E-state index contributed by atoms with van der Waals surface area (Å²) in [4.78, 5) is 14.3. The van der Waals surface area contributed by atoms with Crippen molar-refractivity contribution < 1.29 is 9.32 Å². The number of piperidine rings is 1. The van der Waals surface area contributed by atoms with Gasteiger partial charge in [0.15, 0.2) is 0 Å². The van der Waals surface area contributed by atoms with Crippen LogP contribution in [0.5, 0.6) is 0 Å². The summed E-state index contributed by atoms with van der Waals surface area (Å²) in [6, 6.07) is 0. The molecule has 1 aliphatic carbocycles. The number of likely N-dealkylation sites (tertiary alicyclic amines) is 1. The fourth-order valence-corrected chi connectivity index (χ4v) is 3.71. The molecule has 0 N–H and O–H groups in total. The molecule has 2 aliphatic rings. The summed E-state index contributed by atoms with van der Waals surface area (Å²) in [5.41, 5.74) is 0.838. The Labute approximate surface area is 101 Å². The van der Waals surface area contributed by atoms with Gasteiger partial charge in [0, 0.05) is 25.1 Å². The Kier molecular flexibility index (Phi) is 2.12. The zero-order chi connectivity index (χ0) is 12.2. The van der Waals surface area contributed by atoms with Crippen molar-refractivity contribution in [1.82, 2.24) is 10.1 Å². The van der Waals surface area contributed by atoms with Gasteiger partial charge < -0.3 is 9.42 Å². The van der Waals surface area contributed by atoms with Crippen molar-refractivity contribution in [2.45, 2.75) is 32.6 Å². The van der Waals surface area contributed by atoms with Crippen LogP contribution in [0, 0.1) is 11.3 Å². The van der Waals surface area contributed by atoms with Crippen LogP contribution in [0.25, 0.3) is 0 Å². The van der Waals surface area contributed by atoms with Gasteiger partial charge >= 0.3 is 0 Å². The Balaban J connectivity index is 2.08. The van der Waals surface area contributed by atoms with E-state index >= 15 is 0 Å². The first kappa shape index (κ1) is 10.8. The molecule has 3 rings (SSSR count). The SMILES string of the molecule is C[C@@H]1c2oncc2C[C@]2(C)C(=O)N(C)CC[C@@H]12. The third-order valence-corrected chi connectivity index (χ3v) is 4.68. The molecule has 1 aliphatic heterocycles. The lowest BCUT2D eigenvalue weighted by Crippen LogP contribution is -2.54. The molecule has 0 spiro atoms. The summed E-state index contributed by atoms with van der Waals surface area (Å²) in [6.07, 6.45) is 3.60. The average Bonchev–Trinajstić information content (AvgIpc) is 2.73. The standard InChI is InChI=1S/C13H18N2O2/c1-8-10-4-5-15(3)12(16)13(10,2)6-9-7-14-17-11(8)9/h7-8,10H,4-6H2,1-3H3/t8-,10-,13-/m0/s1. The number of amides is 1. The molecule has 17 heavy (non-hydrogen) atoms. The Morgan fingerprint density at radius 2 is 2.35 bits per heavy atom. The van der Waals surface area contributed by atoms with E-state index < -0.39 is 0 Å². The third-order valence-electron chi connectivity index (χ3n) is 4.68. The summed E-state index contributed by atoms with van der Waals surface area (Å²) in [6.45, 7) is 5.11. The number of aromatic nitrogens is 1. The fourth-order valence-electron chi connectivity index (χ4n) is 3.71. The maximum absolute atomic E-state index is 12.4. The van der Waals surface area contributed by atoms with E-state index in [2.05, 4.69) is 19.0 Å². The minimum absolute atomic E-state index is 0.271. The van der Waals surface area contributed by atoms with E-state index in [1.165, 1.54) is 0 Å². The first-order chi connectivity index (χ1) is 8.04. The van der Waals surface area contributed by atoms with Crippen LogP contribution < -0.4 is 0 Å². The molecule has 0 bridgehead atoms. The van der Waals surface area contributed by atoms with E-state index in [1.807, 2.05) is 11.9 Å².